The van der Waals surface area contributed by atoms with E-state index in [2.05, 4.69) is 15.6 Å². The highest BCUT2D eigenvalue weighted by atomic mass is 127. The molecule has 2 aromatic carbocycles. The van der Waals surface area contributed by atoms with E-state index in [0.29, 0.717) is 36.1 Å². The van der Waals surface area contributed by atoms with Crippen LogP contribution in [0.1, 0.15) is 23.6 Å². The van der Waals surface area contributed by atoms with Crippen LogP contribution in [0.3, 0.4) is 0 Å². The lowest BCUT2D eigenvalue weighted by Crippen LogP contribution is -2.36. The lowest BCUT2D eigenvalue weighted by atomic mass is 10.1. The van der Waals surface area contributed by atoms with Gasteiger partial charge in [-0.1, -0.05) is 18.2 Å². The van der Waals surface area contributed by atoms with Gasteiger partial charge in [0.25, 0.3) is 0 Å². The monoisotopic (exact) mass is 523 g/mol. The van der Waals surface area contributed by atoms with Crippen molar-refractivity contribution in [3.05, 3.63) is 59.2 Å². The Morgan fingerprint density at radius 1 is 0.966 bits per heavy atom. The number of rotatable bonds is 7. The second-order valence-corrected chi connectivity index (χ2v) is 5.94. The average Bonchev–Trinajstić information content (AvgIpc) is 2.69. The number of guanidine groups is 1. The zero-order chi connectivity index (χ0) is 20.6. The Morgan fingerprint density at radius 2 is 1.69 bits per heavy atom. The van der Waals surface area contributed by atoms with E-state index in [9.17, 15) is 13.2 Å². The van der Waals surface area contributed by atoms with Gasteiger partial charge in [-0.15, -0.1) is 24.0 Å². The van der Waals surface area contributed by atoms with E-state index in [-0.39, 0.29) is 30.5 Å². The molecule has 2 aromatic rings. The van der Waals surface area contributed by atoms with Gasteiger partial charge in [-0.2, -0.15) is 13.2 Å². The Labute approximate surface area is 185 Å². The minimum Gasteiger partial charge on any atom is -0.493 e. The lowest BCUT2D eigenvalue weighted by Gasteiger charge is -2.13. The molecular formula is C20H25F3IN3O2. The van der Waals surface area contributed by atoms with Gasteiger partial charge in [0.2, 0.25) is 0 Å². The van der Waals surface area contributed by atoms with Gasteiger partial charge >= 0.3 is 6.18 Å². The molecule has 0 saturated heterocycles. The number of halogens is 4. The van der Waals surface area contributed by atoms with Gasteiger partial charge in [0, 0.05) is 13.1 Å². The van der Waals surface area contributed by atoms with Gasteiger partial charge in [0.1, 0.15) is 0 Å². The normalized spacial score (nSPS) is 11.4. The largest absolute Gasteiger partial charge is 0.493 e. The Hall–Kier alpha value is -2.17. The molecule has 0 heterocycles. The summed E-state index contributed by atoms with van der Waals surface area (Å²) in [6, 6.07) is 10.7. The topological polar surface area (TPSA) is 54.9 Å². The molecule has 0 aromatic heterocycles. The van der Waals surface area contributed by atoms with Crippen molar-refractivity contribution in [2.24, 2.45) is 4.99 Å². The van der Waals surface area contributed by atoms with Crippen LogP contribution in [-0.4, -0.2) is 26.7 Å². The fourth-order valence-electron chi connectivity index (χ4n) is 2.53. The number of alkyl halides is 3. The molecule has 2 N–H and O–H groups in total. The number of ether oxygens (including phenoxy) is 2. The number of hydrogen-bond acceptors (Lipinski definition) is 3. The maximum absolute atomic E-state index is 12.8. The summed E-state index contributed by atoms with van der Waals surface area (Å²) >= 11 is 0. The van der Waals surface area contributed by atoms with Crippen LogP contribution in [0.2, 0.25) is 0 Å². The van der Waals surface area contributed by atoms with E-state index in [0.717, 1.165) is 17.7 Å². The Morgan fingerprint density at radius 3 is 2.31 bits per heavy atom. The molecule has 0 aliphatic carbocycles. The number of nitrogens with zero attached hydrogens (tertiary/aromatic N) is 1. The molecule has 29 heavy (non-hydrogen) atoms. The Bertz CT molecular complexity index is 814. The first kappa shape index (κ1) is 24.9. The zero-order valence-electron chi connectivity index (χ0n) is 16.5. The van der Waals surface area contributed by atoms with Crippen LogP contribution >= 0.6 is 24.0 Å². The Kier molecular flexibility index (Phi) is 10.1. The van der Waals surface area contributed by atoms with Gasteiger partial charge in [-0.3, -0.25) is 0 Å². The smallest absolute Gasteiger partial charge is 0.416 e. The van der Waals surface area contributed by atoms with Crippen molar-refractivity contribution in [3.8, 4) is 11.5 Å². The van der Waals surface area contributed by atoms with Crippen molar-refractivity contribution >= 4 is 29.9 Å². The highest BCUT2D eigenvalue weighted by molar-refractivity contribution is 14.0. The minimum absolute atomic E-state index is 0. The van der Waals surface area contributed by atoms with E-state index in [1.165, 1.54) is 6.07 Å². The summed E-state index contributed by atoms with van der Waals surface area (Å²) in [5.74, 6) is 1.76. The SMILES string of the molecule is CCNC(=NCc1cccc(C(F)(F)F)c1)NCc1ccc(OC)c(OC)c1.I. The van der Waals surface area contributed by atoms with Crippen molar-refractivity contribution < 1.29 is 22.6 Å². The molecule has 0 unspecified atom stereocenters. The van der Waals surface area contributed by atoms with Crippen LogP contribution in [0.15, 0.2) is 47.5 Å². The van der Waals surface area contributed by atoms with E-state index < -0.39 is 11.7 Å². The van der Waals surface area contributed by atoms with Gasteiger partial charge in [-0.25, -0.2) is 4.99 Å². The Balaban J connectivity index is 0.00000420. The number of nitrogens with one attached hydrogen (secondary N) is 2. The predicted octanol–water partition coefficient (Wildman–Crippen LogP) is 4.60. The highest BCUT2D eigenvalue weighted by Crippen LogP contribution is 2.29. The van der Waals surface area contributed by atoms with Gasteiger partial charge in [0.05, 0.1) is 26.3 Å². The number of hydrogen-bond donors (Lipinski definition) is 2. The zero-order valence-corrected chi connectivity index (χ0v) is 18.8. The molecule has 0 saturated carbocycles. The number of methoxy groups -OCH3 is 2. The molecular weight excluding hydrogens is 498 g/mol. The van der Waals surface area contributed by atoms with Crippen molar-refractivity contribution in [1.29, 1.82) is 0 Å². The first-order valence-electron chi connectivity index (χ1n) is 8.76. The standard InChI is InChI=1S/C20H24F3N3O2.HI/c1-4-24-19(25-12-14-6-5-7-16(10-14)20(21,22)23)26-13-15-8-9-17(27-2)18(11-15)28-3;/h5-11H,4,12-13H2,1-3H3,(H2,24,25,26);1H. The molecule has 0 atom stereocenters. The molecule has 0 spiro atoms. The molecule has 5 nitrogen and oxygen atoms in total. The third-order valence-corrected chi connectivity index (χ3v) is 3.93. The quantitative estimate of drug-likeness (QED) is 0.317. The third-order valence-electron chi connectivity index (χ3n) is 3.93. The summed E-state index contributed by atoms with van der Waals surface area (Å²) in [6.07, 6.45) is -4.37. The van der Waals surface area contributed by atoms with E-state index in [1.54, 1.807) is 20.3 Å². The maximum Gasteiger partial charge on any atom is 0.416 e. The molecule has 160 valence electrons. The summed E-state index contributed by atoms with van der Waals surface area (Å²) in [7, 11) is 3.13. The third kappa shape index (κ3) is 7.64. The highest BCUT2D eigenvalue weighted by Gasteiger charge is 2.30. The van der Waals surface area contributed by atoms with Crippen LogP contribution in [0.25, 0.3) is 0 Å². The van der Waals surface area contributed by atoms with Crippen LogP contribution in [0.5, 0.6) is 11.5 Å². The van der Waals surface area contributed by atoms with Crippen LogP contribution < -0.4 is 20.1 Å². The summed E-state index contributed by atoms with van der Waals surface area (Å²) in [6.45, 7) is 3.14. The molecule has 0 aliphatic rings. The molecule has 0 radical (unpaired) electrons. The molecule has 0 bridgehead atoms. The first-order chi connectivity index (χ1) is 13.4. The summed E-state index contributed by atoms with van der Waals surface area (Å²) in [5.41, 5.74) is 0.754. The fraction of sp³-hybridized carbons (Fsp3) is 0.350. The van der Waals surface area contributed by atoms with Crippen LogP contribution in [0, 0.1) is 0 Å². The van der Waals surface area contributed by atoms with E-state index in [4.69, 9.17) is 9.47 Å². The van der Waals surface area contributed by atoms with Crippen molar-refractivity contribution in [3.63, 3.8) is 0 Å². The first-order valence-corrected chi connectivity index (χ1v) is 8.76. The molecule has 0 amide bonds. The second kappa shape index (κ2) is 11.7. The predicted molar refractivity (Wildman–Crippen MR) is 118 cm³/mol. The van der Waals surface area contributed by atoms with E-state index in [1.807, 2.05) is 25.1 Å². The van der Waals surface area contributed by atoms with Crippen molar-refractivity contribution in [2.75, 3.05) is 20.8 Å². The molecule has 0 aliphatic heterocycles. The second-order valence-electron chi connectivity index (χ2n) is 5.94. The van der Waals surface area contributed by atoms with Crippen LogP contribution in [0.4, 0.5) is 13.2 Å². The summed E-state index contributed by atoms with van der Waals surface area (Å²) in [5, 5.41) is 6.24. The lowest BCUT2D eigenvalue weighted by molar-refractivity contribution is -0.137. The number of aliphatic imine (C=N–C) groups is 1. The summed E-state index contributed by atoms with van der Waals surface area (Å²) in [4.78, 5) is 4.37. The van der Waals surface area contributed by atoms with E-state index >= 15 is 0 Å². The van der Waals surface area contributed by atoms with Gasteiger partial charge in [-0.05, 0) is 42.3 Å². The van der Waals surface area contributed by atoms with Crippen molar-refractivity contribution in [1.82, 2.24) is 10.6 Å². The summed E-state index contributed by atoms with van der Waals surface area (Å²) < 4.78 is 49.0. The number of benzene rings is 2. The molecule has 2 rings (SSSR count). The van der Waals surface area contributed by atoms with Gasteiger partial charge in [0.15, 0.2) is 17.5 Å². The van der Waals surface area contributed by atoms with Crippen molar-refractivity contribution in [2.45, 2.75) is 26.2 Å². The average molecular weight is 523 g/mol. The molecule has 9 heteroatoms. The molecule has 0 fully saturated rings. The van der Waals surface area contributed by atoms with Gasteiger partial charge < -0.3 is 20.1 Å². The minimum atomic E-state index is -4.37. The van der Waals surface area contributed by atoms with Crippen LogP contribution in [-0.2, 0) is 19.3 Å². The fourth-order valence-corrected chi connectivity index (χ4v) is 2.53. The maximum atomic E-state index is 12.8.